The highest BCUT2D eigenvalue weighted by Gasteiger charge is 2.07. The number of hydrogen-bond donors (Lipinski definition) is 1. The lowest BCUT2D eigenvalue weighted by molar-refractivity contribution is 0.104. The van der Waals surface area contributed by atoms with Crippen LogP contribution in [0.2, 0.25) is 0 Å². The van der Waals surface area contributed by atoms with Crippen molar-refractivity contribution >= 4 is 0 Å². The van der Waals surface area contributed by atoms with Crippen LogP contribution in [-0.4, -0.2) is 6.61 Å². The Labute approximate surface area is 37.4 Å². The van der Waals surface area contributed by atoms with E-state index >= 15 is 0 Å². The van der Waals surface area contributed by atoms with E-state index in [4.69, 9.17) is 4.84 Å². The Kier molecular flexibility index (Phi) is 1.08. The predicted octanol–water partition coefficient (Wildman–Crippen LogP) is 0.463. The summed E-state index contributed by atoms with van der Waals surface area (Å²) < 4.78 is 0. The molecule has 0 saturated carbocycles. The summed E-state index contributed by atoms with van der Waals surface area (Å²) in [6.07, 6.45) is 1.07. The Morgan fingerprint density at radius 1 is 1.83 bits per heavy atom. The molecule has 1 aliphatic rings. The first kappa shape index (κ1) is 4.09. The van der Waals surface area contributed by atoms with Crippen LogP contribution >= 0.6 is 0 Å². The van der Waals surface area contributed by atoms with E-state index in [1.165, 1.54) is 6.04 Å². The maximum atomic E-state index is 4.77. The quantitative estimate of drug-likeness (QED) is 0.462. The largest absolute Gasteiger partial charge is 0.301 e. The summed E-state index contributed by atoms with van der Waals surface area (Å²) in [4.78, 5) is 4.77. The van der Waals surface area contributed by atoms with E-state index < -0.39 is 0 Å². The minimum absolute atomic E-state index is 0.839. The second-order valence-electron chi connectivity index (χ2n) is 1.48. The van der Waals surface area contributed by atoms with E-state index in [2.05, 4.69) is 5.48 Å². The first-order valence-corrected chi connectivity index (χ1v) is 2.10. The molecule has 6 heavy (non-hydrogen) atoms. The SMILES string of the molecule is C[C]1CCON1. The molecule has 1 fully saturated rings. The molecule has 0 aliphatic carbocycles. The van der Waals surface area contributed by atoms with Gasteiger partial charge in [-0.05, 0) is 13.3 Å². The zero-order chi connectivity index (χ0) is 4.41. The van der Waals surface area contributed by atoms with E-state index in [1.807, 2.05) is 6.92 Å². The van der Waals surface area contributed by atoms with E-state index in [-0.39, 0.29) is 0 Å². The Morgan fingerprint density at radius 2 is 2.67 bits per heavy atom. The van der Waals surface area contributed by atoms with Gasteiger partial charge in [0.25, 0.3) is 0 Å². The maximum Gasteiger partial charge on any atom is 0.0701 e. The van der Waals surface area contributed by atoms with Crippen molar-refractivity contribution in [3.63, 3.8) is 0 Å². The molecule has 1 aliphatic heterocycles. The van der Waals surface area contributed by atoms with Crippen LogP contribution in [0.15, 0.2) is 0 Å². The molecular formula is C4H8NO. The van der Waals surface area contributed by atoms with Gasteiger partial charge in [-0.15, -0.1) is 0 Å². The van der Waals surface area contributed by atoms with Gasteiger partial charge in [0.15, 0.2) is 0 Å². The van der Waals surface area contributed by atoms with Crippen LogP contribution in [0.3, 0.4) is 0 Å². The van der Waals surface area contributed by atoms with E-state index in [0.717, 1.165) is 13.0 Å². The highest BCUT2D eigenvalue weighted by Crippen LogP contribution is 2.05. The van der Waals surface area contributed by atoms with Crippen molar-refractivity contribution in [3.8, 4) is 0 Å². The molecule has 0 aromatic rings. The monoisotopic (exact) mass is 86.1 g/mol. The van der Waals surface area contributed by atoms with Crippen LogP contribution in [0.25, 0.3) is 0 Å². The molecule has 0 bridgehead atoms. The van der Waals surface area contributed by atoms with Crippen molar-refractivity contribution in [1.29, 1.82) is 0 Å². The molecule has 0 aromatic carbocycles. The summed E-state index contributed by atoms with van der Waals surface area (Å²) in [5.41, 5.74) is 2.74. The fourth-order valence-electron chi connectivity index (χ4n) is 0.429. The van der Waals surface area contributed by atoms with Gasteiger partial charge in [0.1, 0.15) is 0 Å². The van der Waals surface area contributed by atoms with Crippen LogP contribution in [0, 0.1) is 6.04 Å². The molecule has 1 rings (SSSR count). The molecule has 1 saturated heterocycles. The van der Waals surface area contributed by atoms with Gasteiger partial charge in [0.2, 0.25) is 0 Å². The molecule has 35 valence electrons. The lowest BCUT2D eigenvalue weighted by atomic mass is 10.3. The van der Waals surface area contributed by atoms with Crippen LogP contribution in [0.1, 0.15) is 13.3 Å². The average Bonchev–Trinajstić information content (AvgIpc) is 1.86. The molecule has 0 aromatic heterocycles. The Hall–Kier alpha value is -0.0800. The third-order valence-electron chi connectivity index (χ3n) is 0.826. The van der Waals surface area contributed by atoms with Gasteiger partial charge in [0, 0.05) is 0 Å². The lowest BCUT2D eigenvalue weighted by Crippen LogP contribution is -2.05. The zero-order valence-corrected chi connectivity index (χ0v) is 3.82. The molecule has 0 spiro atoms. The first-order chi connectivity index (χ1) is 2.89. The summed E-state index contributed by atoms with van der Waals surface area (Å²) in [6, 6.07) is 1.23. The summed E-state index contributed by atoms with van der Waals surface area (Å²) in [5.74, 6) is 0. The van der Waals surface area contributed by atoms with Gasteiger partial charge in [0.05, 0.1) is 12.6 Å². The van der Waals surface area contributed by atoms with Gasteiger partial charge in [-0.3, -0.25) is 0 Å². The van der Waals surface area contributed by atoms with Crippen molar-refractivity contribution in [2.24, 2.45) is 0 Å². The van der Waals surface area contributed by atoms with Gasteiger partial charge in [-0.25, -0.2) is 0 Å². The molecule has 2 nitrogen and oxygen atoms in total. The van der Waals surface area contributed by atoms with E-state index in [0.29, 0.717) is 0 Å². The minimum atomic E-state index is 0.839. The molecule has 1 N–H and O–H groups in total. The van der Waals surface area contributed by atoms with Crippen molar-refractivity contribution in [3.05, 3.63) is 6.04 Å². The van der Waals surface area contributed by atoms with Gasteiger partial charge < -0.3 is 4.84 Å². The van der Waals surface area contributed by atoms with Crippen molar-refractivity contribution in [2.45, 2.75) is 13.3 Å². The van der Waals surface area contributed by atoms with Crippen LogP contribution in [0.4, 0.5) is 0 Å². The fraction of sp³-hybridized carbons (Fsp3) is 0.750. The Morgan fingerprint density at radius 3 is 2.83 bits per heavy atom. The second kappa shape index (κ2) is 1.58. The zero-order valence-electron chi connectivity index (χ0n) is 3.82. The molecule has 0 amide bonds. The van der Waals surface area contributed by atoms with Crippen LogP contribution in [0.5, 0.6) is 0 Å². The summed E-state index contributed by atoms with van der Waals surface area (Å²) in [5, 5.41) is 0. The second-order valence-corrected chi connectivity index (χ2v) is 1.48. The molecule has 2 heteroatoms. The van der Waals surface area contributed by atoms with E-state index in [9.17, 15) is 0 Å². The third-order valence-corrected chi connectivity index (χ3v) is 0.826. The smallest absolute Gasteiger partial charge is 0.0701 e. The average molecular weight is 86.1 g/mol. The molecular weight excluding hydrogens is 78.0 g/mol. The molecule has 1 heterocycles. The van der Waals surface area contributed by atoms with E-state index in [1.54, 1.807) is 0 Å². The number of rotatable bonds is 0. The summed E-state index contributed by atoms with van der Waals surface area (Å²) >= 11 is 0. The third kappa shape index (κ3) is 0.698. The Balaban J connectivity index is 2.18. The number of hydroxylamine groups is 1. The highest BCUT2D eigenvalue weighted by molar-refractivity contribution is 4.79. The van der Waals surface area contributed by atoms with Crippen LogP contribution < -0.4 is 5.48 Å². The molecule has 0 unspecified atom stereocenters. The van der Waals surface area contributed by atoms with Gasteiger partial charge in [-0.1, -0.05) is 0 Å². The first-order valence-electron chi connectivity index (χ1n) is 2.10. The standard InChI is InChI=1S/C4H8NO/c1-4-2-3-6-5-4/h5H,2-3H2,1H3. The number of hydrogen-bond acceptors (Lipinski definition) is 2. The van der Waals surface area contributed by atoms with Crippen molar-refractivity contribution in [1.82, 2.24) is 5.48 Å². The number of nitrogens with one attached hydrogen (secondary N) is 1. The van der Waals surface area contributed by atoms with Gasteiger partial charge in [-0.2, -0.15) is 5.48 Å². The Bertz CT molecular complexity index is 40.8. The minimum Gasteiger partial charge on any atom is -0.301 e. The fourth-order valence-corrected chi connectivity index (χ4v) is 0.429. The topological polar surface area (TPSA) is 21.3 Å². The molecule has 1 radical (unpaired) electrons. The normalized spacial score (nSPS) is 25.5. The van der Waals surface area contributed by atoms with Crippen LogP contribution in [-0.2, 0) is 4.84 Å². The van der Waals surface area contributed by atoms with Crippen molar-refractivity contribution < 1.29 is 4.84 Å². The summed E-state index contributed by atoms with van der Waals surface area (Å²) in [6.45, 7) is 2.86. The highest BCUT2D eigenvalue weighted by atomic mass is 16.7. The maximum absolute atomic E-state index is 4.77. The van der Waals surface area contributed by atoms with Crippen molar-refractivity contribution in [2.75, 3.05) is 6.61 Å². The van der Waals surface area contributed by atoms with Gasteiger partial charge >= 0.3 is 0 Å². The summed E-state index contributed by atoms with van der Waals surface area (Å²) in [7, 11) is 0. The molecule has 0 atom stereocenters. The lowest BCUT2D eigenvalue weighted by Gasteiger charge is -1.91. The predicted molar refractivity (Wildman–Crippen MR) is 22.6 cm³/mol.